The standard InChI is InChI=1S/C32H20N6O4/c39-31(41-25-17-13-23(14-18-25)37-33-27-5-1-2-6-28(27)34-37)21-9-11-22(12-10-21)32(40)42-26-19-15-24(16-20-26)38-35-29-7-3-4-8-30(29)36-38/h1-20H. The Morgan fingerprint density at radius 3 is 1.05 bits per heavy atom. The first-order valence-electron chi connectivity index (χ1n) is 13.0. The quantitative estimate of drug-likeness (QED) is 0.194. The third-order valence-corrected chi connectivity index (χ3v) is 6.49. The van der Waals surface area contributed by atoms with Gasteiger partial charge in [0.1, 0.15) is 33.6 Å². The molecule has 2 aromatic heterocycles. The maximum atomic E-state index is 12.7. The summed E-state index contributed by atoms with van der Waals surface area (Å²) in [5.74, 6) is -0.376. The second-order valence-electron chi connectivity index (χ2n) is 9.30. The molecule has 0 atom stereocenters. The van der Waals surface area contributed by atoms with Gasteiger partial charge in [-0.15, -0.1) is 20.4 Å². The maximum absolute atomic E-state index is 12.7. The molecular formula is C32H20N6O4. The highest BCUT2D eigenvalue weighted by molar-refractivity contribution is 5.95. The van der Waals surface area contributed by atoms with E-state index in [4.69, 9.17) is 9.47 Å². The molecule has 0 saturated heterocycles. The van der Waals surface area contributed by atoms with Gasteiger partial charge in [0.15, 0.2) is 0 Å². The molecule has 0 amide bonds. The smallest absolute Gasteiger partial charge is 0.343 e. The van der Waals surface area contributed by atoms with Gasteiger partial charge in [-0.25, -0.2) is 9.59 Å². The molecular weight excluding hydrogens is 532 g/mol. The van der Waals surface area contributed by atoms with Crippen molar-refractivity contribution in [3.63, 3.8) is 0 Å². The van der Waals surface area contributed by atoms with Gasteiger partial charge in [-0.1, -0.05) is 24.3 Å². The van der Waals surface area contributed by atoms with Gasteiger partial charge in [0.05, 0.1) is 22.5 Å². The molecule has 10 nitrogen and oxygen atoms in total. The molecule has 202 valence electrons. The number of fused-ring (bicyclic) bond motifs is 2. The van der Waals surface area contributed by atoms with Gasteiger partial charge in [0.2, 0.25) is 0 Å². The van der Waals surface area contributed by atoms with Gasteiger partial charge >= 0.3 is 11.9 Å². The number of carbonyl (C=O) groups is 2. The van der Waals surface area contributed by atoms with Crippen LogP contribution in [-0.4, -0.2) is 41.9 Å². The fraction of sp³-hybridized carbons (Fsp3) is 0. The monoisotopic (exact) mass is 552 g/mol. The number of benzene rings is 5. The minimum atomic E-state index is -0.555. The molecule has 0 saturated carbocycles. The van der Waals surface area contributed by atoms with Gasteiger partial charge < -0.3 is 9.47 Å². The van der Waals surface area contributed by atoms with Crippen molar-refractivity contribution in [2.45, 2.75) is 0 Å². The van der Waals surface area contributed by atoms with Gasteiger partial charge in [0.25, 0.3) is 0 Å². The Hall–Kier alpha value is -6.16. The predicted molar refractivity (Wildman–Crippen MR) is 154 cm³/mol. The Kier molecular flexibility index (Phi) is 6.17. The number of hydrogen-bond acceptors (Lipinski definition) is 8. The van der Waals surface area contributed by atoms with Crippen molar-refractivity contribution < 1.29 is 19.1 Å². The molecule has 7 rings (SSSR count). The second-order valence-corrected chi connectivity index (χ2v) is 9.30. The lowest BCUT2D eigenvalue weighted by molar-refractivity contribution is 0.0720. The van der Waals surface area contributed by atoms with Gasteiger partial charge in [-0.05, 0) is 97.1 Å². The van der Waals surface area contributed by atoms with E-state index in [9.17, 15) is 9.59 Å². The zero-order chi connectivity index (χ0) is 28.5. The van der Waals surface area contributed by atoms with Crippen LogP contribution in [0.25, 0.3) is 33.4 Å². The van der Waals surface area contributed by atoms with Crippen LogP contribution in [0.1, 0.15) is 20.7 Å². The number of carbonyl (C=O) groups excluding carboxylic acids is 2. The van der Waals surface area contributed by atoms with Crippen molar-refractivity contribution >= 4 is 34.0 Å². The maximum Gasteiger partial charge on any atom is 0.343 e. The van der Waals surface area contributed by atoms with E-state index >= 15 is 0 Å². The summed E-state index contributed by atoms with van der Waals surface area (Å²) in [7, 11) is 0. The van der Waals surface area contributed by atoms with Crippen LogP contribution < -0.4 is 9.47 Å². The second kappa shape index (κ2) is 10.4. The summed E-state index contributed by atoms with van der Waals surface area (Å²) in [4.78, 5) is 28.4. The molecule has 5 aromatic carbocycles. The summed E-state index contributed by atoms with van der Waals surface area (Å²) < 4.78 is 11.0. The van der Waals surface area contributed by atoms with Crippen LogP contribution in [0.5, 0.6) is 11.5 Å². The highest BCUT2D eigenvalue weighted by atomic mass is 16.5. The highest BCUT2D eigenvalue weighted by Gasteiger charge is 2.14. The summed E-state index contributed by atoms with van der Waals surface area (Å²) in [6, 6.07) is 35.0. The van der Waals surface area contributed by atoms with E-state index in [1.54, 1.807) is 48.5 Å². The predicted octanol–water partition coefficient (Wildman–Crippen LogP) is 5.59. The molecule has 0 radical (unpaired) electrons. The molecule has 10 heteroatoms. The average Bonchev–Trinajstić information content (AvgIpc) is 3.67. The Morgan fingerprint density at radius 1 is 0.429 bits per heavy atom. The lowest BCUT2D eigenvalue weighted by Gasteiger charge is -2.07. The minimum Gasteiger partial charge on any atom is -0.423 e. The SMILES string of the molecule is O=C(Oc1ccc(-n2nc3ccccc3n2)cc1)c1ccc(C(=O)Oc2ccc(-n3nc4ccccc4n3)cc2)cc1. The van der Waals surface area contributed by atoms with Crippen LogP contribution in [0, 0.1) is 0 Å². The van der Waals surface area contributed by atoms with Crippen molar-refractivity contribution in [3.8, 4) is 22.9 Å². The van der Waals surface area contributed by atoms with Crippen LogP contribution in [0.15, 0.2) is 121 Å². The molecule has 0 aliphatic heterocycles. The molecule has 0 bridgehead atoms. The van der Waals surface area contributed by atoms with E-state index in [1.807, 2.05) is 48.5 Å². The van der Waals surface area contributed by atoms with E-state index in [1.165, 1.54) is 33.9 Å². The Bertz CT molecular complexity index is 1850. The molecule has 0 N–H and O–H groups in total. The number of nitrogens with zero attached hydrogens (tertiary/aromatic N) is 6. The van der Waals surface area contributed by atoms with Crippen LogP contribution in [-0.2, 0) is 0 Å². The molecule has 0 fully saturated rings. The molecule has 0 unspecified atom stereocenters. The number of esters is 2. The van der Waals surface area contributed by atoms with Crippen molar-refractivity contribution in [3.05, 3.63) is 132 Å². The van der Waals surface area contributed by atoms with Crippen molar-refractivity contribution in [1.82, 2.24) is 30.0 Å². The van der Waals surface area contributed by atoms with Crippen molar-refractivity contribution in [1.29, 1.82) is 0 Å². The lowest BCUT2D eigenvalue weighted by Crippen LogP contribution is -2.11. The topological polar surface area (TPSA) is 114 Å². The van der Waals surface area contributed by atoms with E-state index in [0.29, 0.717) is 22.6 Å². The van der Waals surface area contributed by atoms with Crippen LogP contribution in [0.3, 0.4) is 0 Å². The van der Waals surface area contributed by atoms with Crippen LogP contribution in [0.4, 0.5) is 0 Å². The number of rotatable bonds is 6. The largest absolute Gasteiger partial charge is 0.423 e. The number of aromatic nitrogens is 6. The van der Waals surface area contributed by atoms with E-state index < -0.39 is 11.9 Å². The normalized spacial score (nSPS) is 11.0. The minimum absolute atomic E-state index is 0.291. The number of hydrogen-bond donors (Lipinski definition) is 0. The van der Waals surface area contributed by atoms with E-state index in [-0.39, 0.29) is 0 Å². The Labute approximate surface area is 238 Å². The summed E-state index contributed by atoms with van der Waals surface area (Å²) in [6.45, 7) is 0. The van der Waals surface area contributed by atoms with Crippen molar-refractivity contribution in [2.75, 3.05) is 0 Å². The third kappa shape index (κ3) is 4.95. The summed E-state index contributed by atoms with van der Waals surface area (Å²) in [5.41, 5.74) is 5.19. The van der Waals surface area contributed by atoms with Crippen LogP contribution >= 0.6 is 0 Å². The molecule has 0 spiro atoms. The fourth-order valence-corrected chi connectivity index (χ4v) is 4.32. The highest BCUT2D eigenvalue weighted by Crippen LogP contribution is 2.20. The first-order chi connectivity index (χ1) is 20.6. The fourth-order valence-electron chi connectivity index (χ4n) is 4.32. The summed E-state index contributed by atoms with van der Waals surface area (Å²) in [5, 5.41) is 17.8. The zero-order valence-corrected chi connectivity index (χ0v) is 21.9. The molecule has 0 aliphatic carbocycles. The lowest BCUT2D eigenvalue weighted by atomic mass is 10.1. The average molecular weight is 553 g/mol. The van der Waals surface area contributed by atoms with Gasteiger partial charge in [-0.3, -0.25) is 0 Å². The Balaban J connectivity index is 0.973. The zero-order valence-electron chi connectivity index (χ0n) is 21.9. The number of ether oxygens (including phenoxy) is 2. The molecule has 7 aromatic rings. The van der Waals surface area contributed by atoms with Gasteiger partial charge in [0, 0.05) is 0 Å². The third-order valence-electron chi connectivity index (χ3n) is 6.49. The van der Waals surface area contributed by atoms with E-state index in [0.717, 1.165) is 33.4 Å². The van der Waals surface area contributed by atoms with Crippen LogP contribution in [0.2, 0.25) is 0 Å². The Morgan fingerprint density at radius 2 is 0.738 bits per heavy atom. The molecule has 0 aliphatic rings. The molecule has 42 heavy (non-hydrogen) atoms. The first-order valence-corrected chi connectivity index (χ1v) is 13.0. The first kappa shape index (κ1) is 24.9. The van der Waals surface area contributed by atoms with E-state index in [2.05, 4.69) is 20.4 Å². The molecule has 2 heterocycles. The van der Waals surface area contributed by atoms with Crippen molar-refractivity contribution in [2.24, 2.45) is 0 Å². The summed E-state index contributed by atoms with van der Waals surface area (Å²) in [6.07, 6.45) is 0. The van der Waals surface area contributed by atoms with Gasteiger partial charge in [-0.2, -0.15) is 9.59 Å². The summed E-state index contributed by atoms with van der Waals surface area (Å²) >= 11 is 0.